The molecular weight excluding hydrogens is 250 g/mol. The Morgan fingerprint density at radius 2 is 2.06 bits per heavy atom. The summed E-state index contributed by atoms with van der Waals surface area (Å²) < 4.78 is 0. The minimum atomic E-state index is 0. The van der Waals surface area contributed by atoms with Crippen LogP contribution in [0.4, 0.5) is 17.6 Å². The van der Waals surface area contributed by atoms with Crippen LogP contribution in [0.5, 0.6) is 0 Å². The van der Waals surface area contributed by atoms with Gasteiger partial charge >= 0.3 is 0 Å². The number of halogens is 1. The zero-order chi connectivity index (χ0) is 12.4. The molecule has 18 heavy (non-hydrogen) atoms. The van der Waals surface area contributed by atoms with Gasteiger partial charge in [0.2, 0.25) is 5.95 Å². The highest BCUT2D eigenvalue weighted by molar-refractivity contribution is 5.85. The molecule has 2 heterocycles. The second-order valence-corrected chi connectivity index (χ2v) is 4.67. The minimum absolute atomic E-state index is 0. The van der Waals surface area contributed by atoms with Crippen molar-refractivity contribution in [3.63, 3.8) is 0 Å². The van der Waals surface area contributed by atoms with Gasteiger partial charge in [0.05, 0.1) is 0 Å². The van der Waals surface area contributed by atoms with Crippen LogP contribution in [0, 0.1) is 0 Å². The Morgan fingerprint density at radius 1 is 1.33 bits per heavy atom. The van der Waals surface area contributed by atoms with Gasteiger partial charge in [0, 0.05) is 39.8 Å². The van der Waals surface area contributed by atoms with Gasteiger partial charge in [-0.25, -0.2) is 0 Å². The number of likely N-dealkylation sites (N-methyl/N-ethyl adjacent to an activating group) is 1. The van der Waals surface area contributed by atoms with Gasteiger partial charge in [-0.15, -0.1) is 12.4 Å². The third kappa shape index (κ3) is 2.77. The van der Waals surface area contributed by atoms with Crippen LogP contribution in [-0.2, 0) is 6.42 Å². The van der Waals surface area contributed by atoms with Crippen LogP contribution >= 0.6 is 12.4 Å². The third-order valence-electron chi connectivity index (χ3n) is 2.98. The van der Waals surface area contributed by atoms with Gasteiger partial charge in [-0.3, -0.25) is 0 Å². The van der Waals surface area contributed by atoms with Gasteiger partial charge in [0.25, 0.3) is 0 Å². The fraction of sp³-hybridized carbons (Fsp3) is 0.667. The fourth-order valence-corrected chi connectivity index (χ4v) is 2.07. The topological polar surface area (TPSA) is 44.3 Å². The molecule has 0 fully saturated rings. The molecule has 0 saturated carbocycles. The molecule has 0 unspecified atom stereocenters. The van der Waals surface area contributed by atoms with Gasteiger partial charge in [0.15, 0.2) is 0 Å². The maximum Gasteiger partial charge on any atom is 0.226 e. The summed E-state index contributed by atoms with van der Waals surface area (Å²) in [6.07, 6.45) is 2.11. The number of fused-ring (bicyclic) bond motifs is 1. The monoisotopic (exact) mass is 271 g/mol. The highest BCUT2D eigenvalue weighted by atomic mass is 35.5. The molecule has 5 nitrogen and oxygen atoms in total. The molecule has 0 spiro atoms. The van der Waals surface area contributed by atoms with E-state index in [1.54, 1.807) is 0 Å². The third-order valence-corrected chi connectivity index (χ3v) is 2.98. The zero-order valence-electron chi connectivity index (χ0n) is 11.5. The van der Waals surface area contributed by atoms with Crippen molar-refractivity contribution in [1.29, 1.82) is 0 Å². The van der Waals surface area contributed by atoms with Gasteiger partial charge in [-0.2, -0.15) is 9.97 Å². The van der Waals surface area contributed by atoms with Gasteiger partial charge in [0.1, 0.15) is 11.6 Å². The lowest BCUT2D eigenvalue weighted by molar-refractivity contribution is 0.934. The van der Waals surface area contributed by atoms with Gasteiger partial charge in [-0.1, -0.05) is 6.92 Å². The smallest absolute Gasteiger partial charge is 0.226 e. The molecule has 2 rings (SSSR count). The molecule has 1 aromatic heterocycles. The van der Waals surface area contributed by atoms with Gasteiger partial charge < -0.3 is 15.1 Å². The van der Waals surface area contributed by atoms with Crippen LogP contribution in [0.2, 0.25) is 0 Å². The Labute approximate surface area is 115 Å². The van der Waals surface area contributed by atoms with Crippen LogP contribution in [0.25, 0.3) is 0 Å². The van der Waals surface area contributed by atoms with Crippen LogP contribution in [-0.4, -0.2) is 44.2 Å². The number of hydrogen-bond acceptors (Lipinski definition) is 5. The Morgan fingerprint density at radius 3 is 2.67 bits per heavy atom. The molecule has 1 N–H and O–H groups in total. The molecule has 0 atom stereocenters. The van der Waals surface area contributed by atoms with Crippen molar-refractivity contribution in [2.75, 3.05) is 49.3 Å². The van der Waals surface area contributed by atoms with Crippen molar-refractivity contribution in [3.05, 3.63) is 5.56 Å². The molecule has 0 radical (unpaired) electrons. The van der Waals surface area contributed by atoms with Crippen molar-refractivity contribution >= 4 is 30.0 Å². The van der Waals surface area contributed by atoms with Crippen molar-refractivity contribution in [2.24, 2.45) is 0 Å². The van der Waals surface area contributed by atoms with Crippen molar-refractivity contribution in [2.45, 2.75) is 19.8 Å². The first kappa shape index (κ1) is 14.8. The van der Waals surface area contributed by atoms with E-state index in [-0.39, 0.29) is 12.4 Å². The first-order valence-electron chi connectivity index (χ1n) is 6.16. The predicted octanol–water partition coefficient (Wildman–Crippen LogP) is 1.78. The second kappa shape index (κ2) is 6.09. The van der Waals surface area contributed by atoms with E-state index in [0.717, 1.165) is 43.5 Å². The van der Waals surface area contributed by atoms with E-state index in [1.807, 2.05) is 14.1 Å². The molecule has 1 aliphatic heterocycles. The number of aromatic nitrogens is 2. The zero-order valence-corrected chi connectivity index (χ0v) is 12.3. The summed E-state index contributed by atoms with van der Waals surface area (Å²) in [5, 5.41) is 3.26. The minimum Gasteiger partial charge on any atom is -0.362 e. The maximum absolute atomic E-state index is 4.59. The Hall–Kier alpha value is -1.23. The molecule has 0 amide bonds. The summed E-state index contributed by atoms with van der Waals surface area (Å²) in [6, 6.07) is 0. The number of hydrogen-bond donors (Lipinski definition) is 1. The Bertz CT molecular complexity index is 408. The van der Waals surface area contributed by atoms with Crippen molar-refractivity contribution < 1.29 is 0 Å². The SMILES string of the molecule is CCCNc1nc(N(C)C)c2c(n1)N(C)CC2.Cl. The maximum atomic E-state index is 4.59. The van der Waals surface area contributed by atoms with E-state index in [9.17, 15) is 0 Å². The Kier molecular flexibility index (Phi) is 5.02. The molecule has 0 aromatic carbocycles. The summed E-state index contributed by atoms with van der Waals surface area (Å²) >= 11 is 0. The van der Waals surface area contributed by atoms with Gasteiger partial charge in [-0.05, 0) is 12.8 Å². The van der Waals surface area contributed by atoms with E-state index in [0.29, 0.717) is 0 Å². The average molecular weight is 272 g/mol. The number of rotatable bonds is 4. The number of nitrogens with zero attached hydrogens (tertiary/aromatic N) is 4. The molecule has 0 aliphatic carbocycles. The lowest BCUT2D eigenvalue weighted by Gasteiger charge is -2.18. The lowest BCUT2D eigenvalue weighted by Crippen LogP contribution is -2.17. The molecule has 1 aliphatic rings. The molecule has 0 saturated heterocycles. The van der Waals surface area contributed by atoms with Crippen LogP contribution in [0.15, 0.2) is 0 Å². The first-order valence-corrected chi connectivity index (χ1v) is 6.16. The quantitative estimate of drug-likeness (QED) is 0.904. The fourth-order valence-electron chi connectivity index (χ4n) is 2.07. The molecule has 1 aromatic rings. The highest BCUT2D eigenvalue weighted by Gasteiger charge is 2.23. The van der Waals surface area contributed by atoms with Crippen molar-refractivity contribution in [1.82, 2.24) is 9.97 Å². The average Bonchev–Trinajstić information content (AvgIpc) is 2.67. The van der Waals surface area contributed by atoms with Crippen molar-refractivity contribution in [3.8, 4) is 0 Å². The summed E-state index contributed by atoms with van der Waals surface area (Å²) in [7, 11) is 6.15. The van der Waals surface area contributed by atoms with Crippen LogP contribution in [0.3, 0.4) is 0 Å². The van der Waals surface area contributed by atoms with E-state index in [4.69, 9.17) is 0 Å². The summed E-state index contributed by atoms with van der Waals surface area (Å²) in [4.78, 5) is 13.4. The second-order valence-electron chi connectivity index (χ2n) is 4.67. The Balaban J connectivity index is 0.00000162. The summed E-state index contributed by atoms with van der Waals surface area (Å²) in [6.45, 7) is 4.08. The normalized spacial score (nSPS) is 13.0. The lowest BCUT2D eigenvalue weighted by atomic mass is 10.2. The molecule has 0 bridgehead atoms. The summed E-state index contributed by atoms with van der Waals surface area (Å²) in [5.41, 5.74) is 1.26. The van der Waals surface area contributed by atoms with E-state index in [2.05, 4.69) is 39.1 Å². The molecule has 6 heteroatoms. The van der Waals surface area contributed by atoms with Crippen LogP contribution < -0.4 is 15.1 Å². The first-order chi connectivity index (χ1) is 8.13. The highest BCUT2D eigenvalue weighted by Crippen LogP contribution is 2.32. The van der Waals surface area contributed by atoms with E-state index in [1.165, 1.54) is 5.56 Å². The standard InChI is InChI=1S/C12H21N5.ClH/c1-5-7-13-12-14-10(16(2)3)9-6-8-17(4)11(9)15-12;/h5-8H2,1-4H3,(H,13,14,15);1H. The number of anilines is 3. The van der Waals surface area contributed by atoms with Crippen LogP contribution in [0.1, 0.15) is 18.9 Å². The summed E-state index contributed by atoms with van der Waals surface area (Å²) in [5.74, 6) is 2.85. The molecular formula is C12H22ClN5. The molecule has 102 valence electrons. The number of nitrogens with one attached hydrogen (secondary N) is 1. The van der Waals surface area contributed by atoms with E-state index >= 15 is 0 Å². The predicted molar refractivity (Wildman–Crippen MR) is 79.4 cm³/mol. The largest absolute Gasteiger partial charge is 0.362 e. The van der Waals surface area contributed by atoms with E-state index < -0.39 is 0 Å².